The summed E-state index contributed by atoms with van der Waals surface area (Å²) >= 11 is 6.32. The summed E-state index contributed by atoms with van der Waals surface area (Å²) in [4.78, 5) is 15.3. The van der Waals surface area contributed by atoms with E-state index in [2.05, 4.69) is 9.88 Å². The molecule has 0 fully saturated rings. The van der Waals surface area contributed by atoms with Gasteiger partial charge < -0.3 is 14.8 Å². The van der Waals surface area contributed by atoms with Crippen molar-refractivity contribution in [1.82, 2.24) is 9.47 Å². The van der Waals surface area contributed by atoms with E-state index >= 15 is 0 Å². The van der Waals surface area contributed by atoms with Crippen molar-refractivity contribution in [2.75, 3.05) is 5.32 Å². The van der Waals surface area contributed by atoms with Gasteiger partial charge in [-0.1, -0.05) is 48.0 Å². The number of fused-ring (bicyclic) bond motifs is 3. The number of anilines is 1. The highest BCUT2D eigenvalue weighted by atomic mass is 35.5. The van der Waals surface area contributed by atoms with E-state index in [-0.39, 0.29) is 17.9 Å². The molecule has 0 bridgehead atoms. The second kappa shape index (κ2) is 8.17. The highest BCUT2D eigenvalue weighted by Gasteiger charge is 2.33. The van der Waals surface area contributed by atoms with Crippen molar-refractivity contribution in [1.29, 1.82) is 0 Å². The van der Waals surface area contributed by atoms with Crippen LogP contribution in [0.5, 0.6) is 0 Å². The SMILES string of the molecule is Cc1ccc(NC(=O)N2Cc3ccccc3-n3cccc3[C@H]2c2cccc(Cl)c2)cc1F. The van der Waals surface area contributed by atoms with Gasteiger partial charge in [-0.15, -0.1) is 0 Å². The largest absolute Gasteiger partial charge is 0.322 e. The van der Waals surface area contributed by atoms with E-state index in [1.54, 1.807) is 24.0 Å². The molecule has 2 heterocycles. The number of carbonyl (C=O) groups excluding carboxylic acids is 1. The van der Waals surface area contributed by atoms with Crippen LogP contribution in [0.3, 0.4) is 0 Å². The van der Waals surface area contributed by atoms with Gasteiger partial charge in [0.15, 0.2) is 0 Å². The van der Waals surface area contributed by atoms with E-state index in [1.807, 2.05) is 66.9 Å². The zero-order valence-corrected chi connectivity index (χ0v) is 18.2. The molecule has 0 unspecified atom stereocenters. The summed E-state index contributed by atoms with van der Waals surface area (Å²) in [5, 5.41) is 3.48. The molecule has 160 valence electrons. The predicted octanol–water partition coefficient (Wildman–Crippen LogP) is 6.72. The van der Waals surface area contributed by atoms with E-state index in [0.717, 1.165) is 22.5 Å². The van der Waals surface area contributed by atoms with Crippen LogP contribution in [0.15, 0.2) is 85.1 Å². The first-order chi connectivity index (χ1) is 15.5. The summed E-state index contributed by atoms with van der Waals surface area (Å²) in [6.45, 7) is 2.07. The lowest BCUT2D eigenvalue weighted by atomic mass is 10.0. The van der Waals surface area contributed by atoms with Crippen molar-refractivity contribution in [2.45, 2.75) is 19.5 Å². The zero-order valence-electron chi connectivity index (χ0n) is 17.4. The Labute approximate surface area is 190 Å². The third kappa shape index (κ3) is 3.65. The summed E-state index contributed by atoms with van der Waals surface area (Å²) in [6, 6.07) is 23.6. The summed E-state index contributed by atoms with van der Waals surface area (Å²) < 4.78 is 16.2. The molecule has 0 spiro atoms. The smallest absolute Gasteiger partial charge is 0.318 e. The van der Waals surface area contributed by atoms with E-state index in [4.69, 9.17) is 11.6 Å². The van der Waals surface area contributed by atoms with Crippen molar-refractivity contribution in [3.63, 3.8) is 0 Å². The van der Waals surface area contributed by atoms with Crippen molar-refractivity contribution >= 4 is 23.3 Å². The molecular weight excluding hydrogens is 425 g/mol. The summed E-state index contributed by atoms with van der Waals surface area (Å²) in [5.41, 5.74) is 4.83. The Morgan fingerprint density at radius 3 is 2.69 bits per heavy atom. The Hall–Kier alpha value is -3.57. The molecule has 4 aromatic rings. The molecule has 5 rings (SSSR count). The van der Waals surface area contributed by atoms with E-state index in [0.29, 0.717) is 22.8 Å². The van der Waals surface area contributed by atoms with Crippen LogP contribution >= 0.6 is 11.6 Å². The van der Waals surface area contributed by atoms with Crippen LogP contribution in [0.2, 0.25) is 5.02 Å². The Balaban J connectivity index is 1.63. The Morgan fingerprint density at radius 2 is 1.88 bits per heavy atom. The second-order valence-corrected chi connectivity index (χ2v) is 8.35. The standard InChI is InChI=1S/C26H21ClFN3O/c1-17-11-12-21(15-22(17)28)29-26(32)31-16-19-6-2-3-9-23(19)30-13-5-10-24(30)25(31)18-7-4-8-20(27)14-18/h2-15,25H,16H2,1H3,(H,29,32)/t25-/m1/s1. The van der Waals surface area contributed by atoms with Gasteiger partial charge in [0.1, 0.15) is 5.82 Å². The van der Waals surface area contributed by atoms with E-state index in [9.17, 15) is 9.18 Å². The van der Waals surface area contributed by atoms with Crippen molar-refractivity contribution in [2.24, 2.45) is 0 Å². The van der Waals surface area contributed by atoms with Crippen LogP contribution in [0.4, 0.5) is 14.9 Å². The third-order valence-corrected chi connectivity index (χ3v) is 6.05. The van der Waals surface area contributed by atoms with Crippen LogP contribution < -0.4 is 5.32 Å². The fourth-order valence-electron chi connectivity index (χ4n) is 4.23. The first-order valence-corrected chi connectivity index (χ1v) is 10.7. The van der Waals surface area contributed by atoms with Gasteiger partial charge in [-0.05, 0) is 66.1 Å². The number of nitrogens with one attached hydrogen (secondary N) is 1. The number of halogens is 2. The number of benzene rings is 3. The molecule has 6 heteroatoms. The molecule has 2 amide bonds. The number of nitrogens with zero attached hydrogens (tertiary/aromatic N) is 2. The van der Waals surface area contributed by atoms with Crippen molar-refractivity contribution < 1.29 is 9.18 Å². The average Bonchev–Trinajstić information content (AvgIpc) is 3.20. The van der Waals surface area contributed by atoms with Gasteiger partial charge in [0.2, 0.25) is 0 Å². The average molecular weight is 446 g/mol. The molecule has 1 N–H and O–H groups in total. The lowest BCUT2D eigenvalue weighted by molar-refractivity contribution is 0.194. The molecule has 0 saturated carbocycles. The highest BCUT2D eigenvalue weighted by molar-refractivity contribution is 6.30. The minimum atomic E-state index is -0.383. The number of aryl methyl sites for hydroxylation is 1. The Kier molecular flexibility index (Phi) is 5.19. The third-order valence-electron chi connectivity index (χ3n) is 5.81. The zero-order chi connectivity index (χ0) is 22.2. The number of para-hydroxylation sites is 1. The molecule has 1 aromatic heterocycles. The number of hydrogen-bond acceptors (Lipinski definition) is 1. The fraction of sp³-hybridized carbons (Fsp3) is 0.115. The maximum absolute atomic E-state index is 14.1. The van der Waals surface area contributed by atoms with Gasteiger partial charge >= 0.3 is 6.03 Å². The fourth-order valence-corrected chi connectivity index (χ4v) is 4.43. The monoisotopic (exact) mass is 445 g/mol. The van der Waals surface area contributed by atoms with Gasteiger partial charge in [0.05, 0.1) is 18.3 Å². The van der Waals surface area contributed by atoms with Gasteiger partial charge in [0, 0.05) is 22.6 Å². The maximum atomic E-state index is 14.1. The molecule has 0 saturated heterocycles. The minimum absolute atomic E-state index is 0.317. The normalized spacial score (nSPS) is 15.0. The van der Waals surface area contributed by atoms with Gasteiger partial charge in [0.25, 0.3) is 0 Å². The molecular formula is C26H21ClFN3O. The molecule has 4 nitrogen and oxygen atoms in total. The van der Waals surface area contributed by atoms with Crippen LogP contribution in [-0.2, 0) is 6.54 Å². The number of urea groups is 1. The number of amides is 2. The van der Waals surface area contributed by atoms with E-state index < -0.39 is 0 Å². The maximum Gasteiger partial charge on any atom is 0.322 e. The molecule has 0 aliphatic carbocycles. The lowest BCUT2D eigenvalue weighted by Crippen LogP contribution is -2.38. The number of carbonyl (C=O) groups is 1. The molecule has 1 aliphatic rings. The summed E-state index contributed by atoms with van der Waals surface area (Å²) in [6.07, 6.45) is 2.00. The Morgan fingerprint density at radius 1 is 1.03 bits per heavy atom. The number of hydrogen-bond donors (Lipinski definition) is 1. The van der Waals surface area contributed by atoms with Gasteiger partial charge in [-0.3, -0.25) is 0 Å². The lowest BCUT2D eigenvalue weighted by Gasteiger charge is -2.31. The molecule has 1 atom stereocenters. The topological polar surface area (TPSA) is 37.3 Å². The minimum Gasteiger partial charge on any atom is -0.318 e. The van der Waals surface area contributed by atoms with Crippen LogP contribution in [0.25, 0.3) is 5.69 Å². The highest BCUT2D eigenvalue weighted by Crippen LogP contribution is 2.37. The van der Waals surface area contributed by atoms with E-state index in [1.165, 1.54) is 6.07 Å². The summed E-state index contributed by atoms with van der Waals surface area (Å²) in [7, 11) is 0. The first-order valence-electron chi connectivity index (χ1n) is 10.4. The molecule has 3 aromatic carbocycles. The van der Waals surface area contributed by atoms with Crippen molar-refractivity contribution in [3.05, 3.63) is 118 Å². The van der Waals surface area contributed by atoms with Crippen molar-refractivity contribution in [3.8, 4) is 5.69 Å². The first kappa shape index (κ1) is 20.3. The van der Waals surface area contributed by atoms with Crippen LogP contribution in [0, 0.1) is 12.7 Å². The second-order valence-electron chi connectivity index (χ2n) is 7.91. The molecule has 32 heavy (non-hydrogen) atoms. The molecule has 0 radical (unpaired) electrons. The number of aromatic nitrogens is 1. The molecule has 1 aliphatic heterocycles. The number of rotatable bonds is 2. The quantitative estimate of drug-likeness (QED) is 0.365. The Bertz CT molecular complexity index is 1320. The van der Waals surface area contributed by atoms with Crippen LogP contribution in [0.1, 0.15) is 28.4 Å². The summed E-state index contributed by atoms with van der Waals surface area (Å²) in [5.74, 6) is -0.357. The van der Waals surface area contributed by atoms with Gasteiger partial charge in [-0.25, -0.2) is 9.18 Å². The predicted molar refractivity (Wildman–Crippen MR) is 125 cm³/mol. The van der Waals surface area contributed by atoms with Crippen LogP contribution in [-0.4, -0.2) is 15.5 Å². The van der Waals surface area contributed by atoms with Gasteiger partial charge in [-0.2, -0.15) is 0 Å².